The molecule has 0 aromatic heterocycles. The van der Waals surface area contributed by atoms with Crippen LogP contribution in [0.4, 0.5) is 0 Å². The highest BCUT2D eigenvalue weighted by Gasteiger charge is 2.24. The van der Waals surface area contributed by atoms with Crippen LogP contribution in [0.3, 0.4) is 0 Å². The molecule has 0 atom stereocenters. The lowest BCUT2D eigenvalue weighted by Gasteiger charge is -2.25. The summed E-state index contributed by atoms with van der Waals surface area (Å²) in [5, 5.41) is 8.75. The highest BCUT2D eigenvalue weighted by atomic mass is 16.4. The van der Waals surface area contributed by atoms with Gasteiger partial charge in [-0.3, -0.25) is 4.79 Å². The van der Waals surface area contributed by atoms with Crippen LogP contribution >= 0.6 is 0 Å². The molecule has 1 N–H and O–H groups in total. The largest absolute Gasteiger partial charge is 0.481 e. The molecule has 3 nitrogen and oxygen atoms in total. The van der Waals surface area contributed by atoms with E-state index in [-0.39, 0.29) is 5.92 Å². The second-order valence-corrected chi connectivity index (χ2v) is 7.52. The van der Waals surface area contributed by atoms with Crippen LogP contribution in [0.15, 0.2) is 18.2 Å². The van der Waals surface area contributed by atoms with Crippen molar-refractivity contribution in [1.29, 1.82) is 0 Å². The van der Waals surface area contributed by atoms with E-state index in [9.17, 15) is 9.59 Å². The van der Waals surface area contributed by atoms with E-state index in [1.807, 2.05) is 20.8 Å². The third-order valence-electron chi connectivity index (χ3n) is 5.30. The lowest BCUT2D eigenvalue weighted by molar-refractivity contribution is -0.143. The Hall–Kier alpha value is -1.64. The topological polar surface area (TPSA) is 54.4 Å². The Morgan fingerprint density at radius 2 is 1.52 bits per heavy atom. The van der Waals surface area contributed by atoms with Crippen LogP contribution in [0.5, 0.6) is 0 Å². The fraction of sp³-hybridized carbons (Fsp3) is 0.692. The van der Waals surface area contributed by atoms with E-state index in [1.165, 1.54) is 29.5 Å². The number of carboxylic acids is 1. The summed E-state index contributed by atoms with van der Waals surface area (Å²) >= 11 is 0. The fourth-order valence-corrected chi connectivity index (χ4v) is 3.63. The van der Waals surface area contributed by atoms with Crippen LogP contribution in [0, 0.1) is 25.7 Å². The van der Waals surface area contributed by atoms with Crippen LogP contribution in [0.25, 0.3) is 0 Å². The van der Waals surface area contributed by atoms with Gasteiger partial charge in [-0.05, 0) is 75.0 Å². The summed E-state index contributed by atoms with van der Waals surface area (Å²) < 4.78 is 0. The van der Waals surface area contributed by atoms with Crippen molar-refractivity contribution < 1.29 is 14.7 Å². The second kappa shape index (κ2) is 19.7. The molecule has 0 saturated heterocycles. The molecular formula is C26H46O3. The van der Waals surface area contributed by atoms with Crippen molar-refractivity contribution in [2.45, 2.75) is 106 Å². The van der Waals surface area contributed by atoms with Gasteiger partial charge >= 0.3 is 5.97 Å². The first-order valence-electron chi connectivity index (χ1n) is 11.6. The normalized spacial score (nSPS) is 17.3. The third-order valence-corrected chi connectivity index (χ3v) is 5.30. The molecule has 0 radical (unpaired) electrons. The monoisotopic (exact) mass is 406 g/mol. The van der Waals surface area contributed by atoms with E-state index in [2.05, 4.69) is 45.9 Å². The van der Waals surface area contributed by atoms with Gasteiger partial charge in [0.15, 0.2) is 0 Å². The number of benzene rings is 1. The molecule has 1 fully saturated rings. The number of aliphatic carboxylic acids is 1. The first-order valence-corrected chi connectivity index (χ1v) is 11.6. The molecule has 1 aliphatic carbocycles. The summed E-state index contributed by atoms with van der Waals surface area (Å²) in [6.45, 7) is 14.7. The zero-order valence-corrected chi connectivity index (χ0v) is 20.1. The van der Waals surface area contributed by atoms with E-state index >= 15 is 0 Å². The summed E-state index contributed by atoms with van der Waals surface area (Å²) in [6, 6.07) is 6.46. The minimum absolute atomic E-state index is 0.0434. The average Bonchev–Trinajstić information content (AvgIpc) is 2.72. The molecule has 0 bridgehead atoms. The Morgan fingerprint density at radius 3 is 1.79 bits per heavy atom. The Bertz CT molecular complexity index is 509. The van der Waals surface area contributed by atoms with Crippen molar-refractivity contribution in [3.8, 4) is 0 Å². The maximum absolute atomic E-state index is 10.6. The van der Waals surface area contributed by atoms with E-state index in [4.69, 9.17) is 5.11 Å². The van der Waals surface area contributed by atoms with Gasteiger partial charge in [0.25, 0.3) is 0 Å². The number of carbonyl (C=O) groups is 2. The van der Waals surface area contributed by atoms with Crippen molar-refractivity contribution in [3.63, 3.8) is 0 Å². The van der Waals surface area contributed by atoms with Crippen LogP contribution < -0.4 is 0 Å². The van der Waals surface area contributed by atoms with Gasteiger partial charge in [-0.15, -0.1) is 0 Å². The molecule has 1 aromatic rings. The number of aldehydes is 1. The molecular weight excluding hydrogens is 360 g/mol. The Balaban J connectivity index is 0. The Kier molecular flexibility index (Phi) is 20.0. The number of unbranched alkanes of at least 4 members (excludes halogenated alkanes) is 1. The molecule has 29 heavy (non-hydrogen) atoms. The predicted molar refractivity (Wildman–Crippen MR) is 126 cm³/mol. The highest BCUT2D eigenvalue weighted by molar-refractivity contribution is 5.69. The van der Waals surface area contributed by atoms with Gasteiger partial charge in [0.2, 0.25) is 0 Å². The van der Waals surface area contributed by atoms with Gasteiger partial charge in [-0.1, -0.05) is 65.7 Å². The molecule has 3 heteroatoms. The number of carboxylic acid groups (broad SMARTS) is 1. The van der Waals surface area contributed by atoms with Gasteiger partial charge in [0, 0.05) is 6.42 Å². The van der Waals surface area contributed by atoms with Gasteiger partial charge < -0.3 is 9.90 Å². The minimum Gasteiger partial charge on any atom is -0.481 e. The molecule has 1 saturated carbocycles. The maximum atomic E-state index is 10.6. The standard InChI is InChI=1S/C10H18O2.C10H14.C4H8O.C2H6/c1-2-3-8-4-6-9(7-5-8)10(11)12;1-4-10-8(2)6-5-7-9(10)3;1-2-3-4-5;1-2/h8-9H,2-7H2,1H3,(H,11,12);5-7H,4H2,1-3H3;4H,2-3H2,1H3;1-2H3. The van der Waals surface area contributed by atoms with E-state index in [1.54, 1.807) is 0 Å². The average molecular weight is 407 g/mol. The lowest BCUT2D eigenvalue weighted by Crippen LogP contribution is -2.21. The second-order valence-electron chi connectivity index (χ2n) is 7.52. The first-order chi connectivity index (χ1) is 13.9. The molecule has 1 aliphatic rings. The van der Waals surface area contributed by atoms with E-state index in [0.29, 0.717) is 6.42 Å². The molecule has 0 heterocycles. The summed E-state index contributed by atoms with van der Waals surface area (Å²) in [5.41, 5.74) is 4.34. The number of aryl methyl sites for hydroxylation is 2. The van der Waals surface area contributed by atoms with E-state index in [0.717, 1.165) is 50.7 Å². The summed E-state index contributed by atoms with van der Waals surface area (Å²) in [7, 11) is 0. The summed E-state index contributed by atoms with van der Waals surface area (Å²) in [6.07, 6.45) is 10.4. The Labute approximate surface area is 180 Å². The van der Waals surface area contributed by atoms with Gasteiger partial charge in [0.1, 0.15) is 6.29 Å². The van der Waals surface area contributed by atoms with Crippen molar-refractivity contribution in [2.75, 3.05) is 0 Å². The van der Waals surface area contributed by atoms with Crippen LogP contribution in [0.2, 0.25) is 0 Å². The van der Waals surface area contributed by atoms with Crippen molar-refractivity contribution in [1.82, 2.24) is 0 Å². The molecule has 168 valence electrons. The quantitative estimate of drug-likeness (QED) is 0.496. The van der Waals surface area contributed by atoms with Crippen LogP contribution in [-0.4, -0.2) is 17.4 Å². The van der Waals surface area contributed by atoms with Crippen molar-refractivity contribution in [2.24, 2.45) is 11.8 Å². The zero-order valence-electron chi connectivity index (χ0n) is 20.1. The zero-order chi connectivity index (χ0) is 22.7. The van der Waals surface area contributed by atoms with E-state index < -0.39 is 5.97 Å². The third kappa shape index (κ3) is 14.1. The maximum Gasteiger partial charge on any atom is 0.306 e. The van der Waals surface area contributed by atoms with Gasteiger partial charge in [0.05, 0.1) is 5.92 Å². The van der Waals surface area contributed by atoms with Crippen molar-refractivity contribution in [3.05, 3.63) is 34.9 Å². The summed E-state index contributed by atoms with van der Waals surface area (Å²) in [4.78, 5) is 20.0. The van der Waals surface area contributed by atoms with Crippen LogP contribution in [-0.2, 0) is 16.0 Å². The fourth-order valence-electron chi connectivity index (χ4n) is 3.63. The predicted octanol–water partition coefficient (Wildman–Crippen LogP) is 7.55. The lowest BCUT2D eigenvalue weighted by atomic mass is 9.80. The number of rotatable bonds is 6. The van der Waals surface area contributed by atoms with Gasteiger partial charge in [-0.2, -0.15) is 0 Å². The van der Waals surface area contributed by atoms with Crippen LogP contribution in [0.1, 0.15) is 103 Å². The molecule has 2 rings (SSSR count). The number of hydrogen-bond acceptors (Lipinski definition) is 2. The molecule has 0 unspecified atom stereocenters. The molecule has 0 amide bonds. The minimum atomic E-state index is -0.593. The van der Waals surface area contributed by atoms with Crippen molar-refractivity contribution >= 4 is 12.3 Å². The van der Waals surface area contributed by atoms with Gasteiger partial charge in [-0.25, -0.2) is 0 Å². The molecule has 1 aromatic carbocycles. The smallest absolute Gasteiger partial charge is 0.306 e. The Morgan fingerprint density at radius 1 is 1.00 bits per heavy atom. The first kappa shape index (κ1) is 29.6. The molecule has 0 spiro atoms. The SMILES string of the molecule is CC.CCCC1CCC(C(=O)O)CC1.CCCC=O.CCc1c(C)cccc1C. The molecule has 0 aliphatic heterocycles. The highest BCUT2D eigenvalue weighted by Crippen LogP contribution is 2.31. The number of hydrogen-bond donors (Lipinski definition) is 1. The summed E-state index contributed by atoms with van der Waals surface area (Å²) in [5.74, 6) is 0.175. The number of carbonyl (C=O) groups excluding carboxylic acids is 1.